The van der Waals surface area contributed by atoms with Crippen LogP contribution < -0.4 is 10.5 Å². The number of phenolic OH excluding ortho intramolecular Hbond substituents is 1. The van der Waals surface area contributed by atoms with Crippen LogP contribution in [0, 0.1) is 22.7 Å². The molecule has 2 aliphatic heterocycles. The first-order valence-electron chi connectivity index (χ1n) is 13.7. The monoisotopic (exact) mass is 495 g/mol. The maximum atomic E-state index is 12.9. The van der Waals surface area contributed by atoms with E-state index in [1.165, 1.54) is 30.5 Å². The molecule has 8 nitrogen and oxygen atoms in total. The summed E-state index contributed by atoms with van der Waals surface area (Å²) >= 11 is 0. The van der Waals surface area contributed by atoms with Gasteiger partial charge in [-0.15, -0.1) is 0 Å². The Balaban J connectivity index is 1.28. The summed E-state index contributed by atoms with van der Waals surface area (Å²) in [6.45, 7) is 2.45. The van der Waals surface area contributed by atoms with Crippen molar-refractivity contribution in [2.45, 2.75) is 67.7 Å². The first-order valence-corrected chi connectivity index (χ1v) is 13.7. The standard InChI is InChI=1S/C28H37N3O5/c1-30(23(34)17(29)12-32)14-26-13-25-10-19(26)28(26,35-2)24-27(25)7-8-31(11-15-3-4-15)20(25)9-16-5-6-18(33)22(36-24)21(16)27/h5-6,15,17,19-20,24,32-33H,3-4,7-14,29H2,1-2H3/t17-,19?,20+,24+,25+,26-,27-,28-/m0/s1. The number of aliphatic hydroxyl groups is 1. The number of piperidine rings is 1. The lowest BCUT2D eigenvalue weighted by Crippen LogP contribution is -2.76. The molecule has 8 atom stereocenters. The summed E-state index contributed by atoms with van der Waals surface area (Å²) in [6.07, 6.45) is 6.64. The van der Waals surface area contributed by atoms with Crippen molar-refractivity contribution >= 4 is 5.91 Å². The van der Waals surface area contributed by atoms with Crippen molar-refractivity contribution in [2.24, 2.45) is 28.4 Å². The smallest absolute Gasteiger partial charge is 0.241 e. The van der Waals surface area contributed by atoms with Gasteiger partial charge in [0.15, 0.2) is 11.5 Å². The van der Waals surface area contributed by atoms with E-state index in [0.717, 1.165) is 38.1 Å². The summed E-state index contributed by atoms with van der Waals surface area (Å²) < 4.78 is 13.4. The molecule has 0 radical (unpaired) electrons. The number of aromatic hydroxyl groups is 1. The molecule has 1 amide bonds. The van der Waals surface area contributed by atoms with Crippen molar-refractivity contribution in [1.29, 1.82) is 0 Å². The van der Waals surface area contributed by atoms with E-state index in [1.807, 2.05) is 6.07 Å². The van der Waals surface area contributed by atoms with Crippen molar-refractivity contribution in [3.05, 3.63) is 23.3 Å². The number of benzene rings is 1. The molecule has 9 rings (SSSR count). The number of carbonyl (C=O) groups excluding carboxylic acids is 1. The number of likely N-dealkylation sites (N-methyl/N-ethyl adjacent to an activating group) is 1. The maximum absolute atomic E-state index is 12.9. The average molecular weight is 496 g/mol. The number of hydrogen-bond acceptors (Lipinski definition) is 7. The number of nitrogens with two attached hydrogens (primary N) is 1. The van der Waals surface area contributed by atoms with Gasteiger partial charge in [0.05, 0.1) is 6.61 Å². The molecule has 5 saturated carbocycles. The number of phenols is 1. The fourth-order valence-electron chi connectivity index (χ4n) is 10.6. The molecule has 8 heteroatoms. The zero-order valence-corrected chi connectivity index (χ0v) is 21.2. The Hall–Kier alpha value is -1.87. The summed E-state index contributed by atoms with van der Waals surface area (Å²) in [6, 6.07) is 3.49. The molecule has 8 aliphatic rings. The van der Waals surface area contributed by atoms with Crippen molar-refractivity contribution in [3.8, 4) is 11.5 Å². The molecule has 194 valence electrons. The van der Waals surface area contributed by atoms with Gasteiger partial charge in [0.25, 0.3) is 0 Å². The highest BCUT2D eigenvalue weighted by Crippen LogP contribution is 2.91. The highest BCUT2D eigenvalue weighted by molar-refractivity contribution is 5.81. The van der Waals surface area contributed by atoms with E-state index >= 15 is 0 Å². The third kappa shape index (κ3) is 2.12. The van der Waals surface area contributed by atoms with Crippen LogP contribution in [-0.2, 0) is 21.4 Å². The van der Waals surface area contributed by atoms with Crippen molar-refractivity contribution < 1.29 is 24.5 Å². The molecule has 1 unspecified atom stereocenters. The van der Waals surface area contributed by atoms with Gasteiger partial charge in [0.1, 0.15) is 17.7 Å². The zero-order valence-electron chi connectivity index (χ0n) is 21.2. The molecule has 36 heavy (non-hydrogen) atoms. The zero-order chi connectivity index (χ0) is 24.8. The number of nitrogens with zero attached hydrogens (tertiary/aromatic N) is 2. The van der Waals surface area contributed by atoms with E-state index in [2.05, 4.69) is 11.0 Å². The Morgan fingerprint density at radius 1 is 1.39 bits per heavy atom. The van der Waals surface area contributed by atoms with Crippen molar-refractivity contribution in [1.82, 2.24) is 9.80 Å². The second-order valence-electron chi connectivity index (χ2n) is 13.1. The highest BCUT2D eigenvalue weighted by Gasteiger charge is 2.97. The van der Waals surface area contributed by atoms with Gasteiger partial charge >= 0.3 is 0 Å². The molecule has 1 saturated heterocycles. The predicted octanol–water partition coefficient (Wildman–Crippen LogP) is 1.00. The molecule has 1 aromatic carbocycles. The van der Waals surface area contributed by atoms with E-state index in [4.69, 9.17) is 15.2 Å². The summed E-state index contributed by atoms with van der Waals surface area (Å²) in [5.41, 5.74) is 7.72. The summed E-state index contributed by atoms with van der Waals surface area (Å²) in [7, 11) is 3.61. The number of likely N-dealkylation sites (tertiary alicyclic amines) is 1. The minimum atomic E-state index is -0.903. The molecule has 2 heterocycles. The molecule has 6 aliphatic carbocycles. The molecule has 2 spiro atoms. The lowest BCUT2D eigenvalue weighted by atomic mass is 9.40. The molecule has 6 fully saturated rings. The van der Waals surface area contributed by atoms with Crippen LogP contribution in [0.3, 0.4) is 0 Å². The second kappa shape index (κ2) is 6.57. The van der Waals surface area contributed by atoms with E-state index < -0.39 is 11.6 Å². The fourth-order valence-corrected chi connectivity index (χ4v) is 10.6. The van der Waals surface area contributed by atoms with Crippen LogP contribution in [0.2, 0.25) is 0 Å². The number of ether oxygens (including phenoxy) is 2. The molecular weight excluding hydrogens is 458 g/mol. The summed E-state index contributed by atoms with van der Waals surface area (Å²) in [5.74, 6) is 1.83. The van der Waals surface area contributed by atoms with Crippen LogP contribution in [0.1, 0.15) is 43.2 Å². The van der Waals surface area contributed by atoms with Gasteiger partial charge in [-0.05, 0) is 62.6 Å². The average Bonchev–Trinajstić information content (AvgIpc) is 3.70. The van der Waals surface area contributed by atoms with Gasteiger partial charge in [-0.3, -0.25) is 9.69 Å². The predicted molar refractivity (Wildman–Crippen MR) is 131 cm³/mol. The maximum Gasteiger partial charge on any atom is 0.241 e. The first kappa shape index (κ1) is 22.1. The van der Waals surface area contributed by atoms with Crippen LogP contribution >= 0.6 is 0 Å². The molecule has 4 N–H and O–H groups in total. The fraction of sp³-hybridized carbons (Fsp3) is 0.750. The molecule has 0 aromatic heterocycles. The summed E-state index contributed by atoms with van der Waals surface area (Å²) in [4.78, 5) is 17.4. The molecule has 6 bridgehead atoms. The van der Waals surface area contributed by atoms with E-state index in [0.29, 0.717) is 24.3 Å². The normalized spacial score (nSPS) is 45.2. The van der Waals surface area contributed by atoms with E-state index in [-0.39, 0.29) is 40.6 Å². The minimum Gasteiger partial charge on any atom is -0.504 e. The van der Waals surface area contributed by atoms with Gasteiger partial charge < -0.3 is 30.3 Å². The summed E-state index contributed by atoms with van der Waals surface area (Å²) in [5, 5.41) is 20.4. The molecule has 1 aromatic rings. The lowest BCUT2D eigenvalue weighted by Gasteiger charge is -2.68. The second-order valence-corrected chi connectivity index (χ2v) is 13.1. The van der Waals surface area contributed by atoms with Crippen LogP contribution in [0.5, 0.6) is 11.5 Å². The third-order valence-electron chi connectivity index (χ3n) is 11.9. The van der Waals surface area contributed by atoms with Crippen LogP contribution in [0.4, 0.5) is 0 Å². The lowest BCUT2D eigenvalue weighted by molar-refractivity contribution is -0.208. The van der Waals surface area contributed by atoms with Crippen LogP contribution in [0.25, 0.3) is 0 Å². The number of carbonyl (C=O) groups is 1. The van der Waals surface area contributed by atoms with Crippen molar-refractivity contribution in [2.75, 3.05) is 40.4 Å². The Bertz CT molecular complexity index is 1190. The Morgan fingerprint density at radius 2 is 2.19 bits per heavy atom. The molecular formula is C28H37N3O5. The van der Waals surface area contributed by atoms with Gasteiger partial charge in [0, 0.05) is 61.0 Å². The number of rotatable bonds is 7. The number of methoxy groups -OCH3 is 1. The Kier molecular flexibility index (Phi) is 4.04. The largest absolute Gasteiger partial charge is 0.504 e. The first-order chi connectivity index (χ1) is 17.3. The SMILES string of the molecule is CO[C@]12C3C[C@@]4(C[C@]31CN(C)C(=O)[C@@H](N)CO)[C@H]1Cc3ccc(O)c5c3[C@@]4(CCN1CC1CC1)[C@H]2O5. The Morgan fingerprint density at radius 3 is 2.92 bits per heavy atom. The van der Waals surface area contributed by atoms with E-state index in [9.17, 15) is 15.0 Å². The van der Waals surface area contributed by atoms with Crippen molar-refractivity contribution in [3.63, 3.8) is 0 Å². The van der Waals surface area contributed by atoms with Gasteiger partial charge in [-0.1, -0.05) is 6.07 Å². The number of hydrogen-bond donors (Lipinski definition) is 3. The quantitative estimate of drug-likeness (QED) is 0.518. The third-order valence-corrected chi connectivity index (χ3v) is 11.9. The van der Waals surface area contributed by atoms with Crippen LogP contribution in [-0.4, -0.2) is 90.1 Å². The van der Waals surface area contributed by atoms with E-state index in [1.54, 1.807) is 19.1 Å². The topological polar surface area (TPSA) is 108 Å². The van der Waals surface area contributed by atoms with Crippen LogP contribution in [0.15, 0.2) is 12.1 Å². The Labute approximate surface area is 211 Å². The van der Waals surface area contributed by atoms with Gasteiger partial charge in [-0.2, -0.15) is 0 Å². The van der Waals surface area contributed by atoms with Gasteiger partial charge in [0.2, 0.25) is 5.91 Å². The number of amides is 1. The minimum absolute atomic E-state index is 0.0464. The number of aliphatic hydroxyl groups excluding tert-OH is 1. The highest BCUT2D eigenvalue weighted by atomic mass is 16.6. The van der Waals surface area contributed by atoms with Gasteiger partial charge in [-0.25, -0.2) is 0 Å².